The van der Waals surface area contributed by atoms with Crippen LogP contribution in [-0.4, -0.2) is 13.6 Å². The Balaban J connectivity index is 2.21. The Hall–Kier alpha value is -1.22. The van der Waals surface area contributed by atoms with Gasteiger partial charge in [-0.25, -0.2) is 13.1 Å². The highest BCUT2D eigenvalue weighted by Crippen LogP contribution is 2.23. The zero-order valence-corrected chi connectivity index (χ0v) is 13.2. The molecular formula is C12H14BrN3O3S. The SMILES string of the molecule is Cc1cc(CNS(=O)(=O)c2cc(CN)ccc2Br)on1. The zero-order valence-electron chi connectivity index (χ0n) is 10.8. The molecule has 0 aliphatic rings. The van der Waals surface area contributed by atoms with Gasteiger partial charge in [0.25, 0.3) is 0 Å². The fourth-order valence-electron chi connectivity index (χ4n) is 1.62. The molecule has 2 rings (SSSR count). The second-order valence-electron chi connectivity index (χ2n) is 4.23. The fraction of sp³-hybridized carbons (Fsp3) is 0.250. The number of nitrogens with zero attached hydrogens (tertiary/aromatic N) is 1. The molecule has 20 heavy (non-hydrogen) atoms. The summed E-state index contributed by atoms with van der Waals surface area (Å²) >= 11 is 3.23. The van der Waals surface area contributed by atoms with E-state index in [1.165, 1.54) is 6.07 Å². The molecule has 2 aromatic rings. The third-order valence-corrected chi connectivity index (χ3v) is 5.03. The molecule has 0 radical (unpaired) electrons. The van der Waals surface area contributed by atoms with Crippen LogP contribution in [0.1, 0.15) is 17.0 Å². The van der Waals surface area contributed by atoms with E-state index in [4.69, 9.17) is 10.3 Å². The van der Waals surface area contributed by atoms with E-state index in [1.807, 2.05) is 0 Å². The van der Waals surface area contributed by atoms with E-state index in [9.17, 15) is 8.42 Å². The lowest BCUT2D eigenvalue weighted by Crippen LogP contribution is -2.23. The van der Waals surface area contributed by atoms with Gasteiger partial charge in [0.2, 0.25) is 10.0 Å². The minimum absolute atomic E-state index is 0.0441. The number of nitrogens with one attached hydrogen (secondary N) is 1. The molecule has 1 aromatic heterocycles. The van der Waals surface area contributed by atoms with Crippen molar-refractivity contribution in [3.05, 3.63) is 45.8 Å². The summed E-state index contributed by atoms with van der Waals surface area (Å²) in [6.45, 7) is 2.09. The maximum Gasteiger partial charge on any atom is 0.242 e. The molecule has 1 aromatic carbocycles. The van der Waals surface area contributed by atoms with Crippen LogP contribution in [0.2, 0.25) is 0 Å². The van der Waals surface area contributed by atoms with Crippen molar-refractivity contribution < 1.29 is 12.9 Å². The molecule has 1 heterocycles. The Bertz CT molecular complexity index is 712. The highest BCUT2D eigenvalue weighted by Gasteiger charge is 2.18. The van der Waals surface area contributed by atoms with Gasteiger partial charge in [-0.2, -0.15) is 0 Å². The highest BCUT2D eigenvalue weighted by molar-refractivity contribution is 9.10. The topological polar surface area (TPSA) is 98.2 Å². The van der Waals surface area contributed by atoms with Crippen LogP contribution in [0.15, 0.2) is 38.2 Å². The smallest absolute Gasteiger partial charge is 0.242 e. The number of sulfonamides is 1. The van der Waals surface area contributed by atoms with Crippen molar-refractivity contribution >= 4 is 26.0 Å². The quantitative estimate of drug-likeness (QED) is 0.846. The van der Waals surface area contributed by atoms with Crippen molar-refractivity contribution in [2.75, 3.05) is 0 Å². The summed E-state index contributed by atoms with van der Waals surface area (Å²) in [6, 6.07) is 6.64. The molecule has 0 saturated heterocycles. The number of benzene rings is 1. The molecule has 0 unspecified atom stereocenters. The normalized spacial score (nSPS) is 11.8. The van der Waals surface area contributed by atoms with Crippen molar-refractivity contribution in [1.82, 2.24) is 9.88 Å². The summed E-state index contributed by atoms with van der Waals surface area (Å²) < 4.78 is 32.4. The summed E-state index contributed by atoms with van der Waals surface area (Å²) in [5.41, 5.74) is 6.97. The zero-order chi connectivity index (χ0) is 14.8. The lowest BCUT2D eigenvalue weighted by atomic mass is 10.2. The van der Waals surface area contributed by atoms with Crippen molar-refractivity contribution in [2.24, 2.45) is 5.73 Å². The van der Waals surface area contributed by atoms with Gasteiger partial charge >= 0.3 is 0 Å². The van der Waals surface area contributed by atoms with Crippen LogP contribution in [0.3, 0.4) is 0 Å². The maximum absolute atomic E-state index is 12.3. The molecular weight excluding hydrogens is 346 g/mol. The van der Waals surface area contributed by atoms with E-state index < -0.39 is 10.0 Å². The molecule has 0 saturated carbocycles. The first-order valence-electron chi connectivity index (χ1n) is 5.83. The molecule has 6 nitrogen and oxygen atoms in total. The number of aromatic nitrogens is 1. The Morgan fingerprint density at radius 2 is 2.15 bits per heavy atom. The van der Waals surface area contributed by atoms with Crippen molar-refractivity contribution in [3.8, 4) is 0 Å². The Morgan fingerprint density at radius 1 is 1.40 bits per heavy atom. The van der Waals surface area contributed by atoms with Gasteiger partial charge in [-0.1, -0.05) is 11.2 Å². The average Bonchev–Trinajstić information content (AvgIpc) is 2.83. The number of nitrogens with two attached hydrogens (primary N) is 1. The molecule has 108 valence electrons. The first-order valence-corrected chi connectivity index (χ1v) is 8.10. The van der Waals surface area contributed by atoms with Crippen molar-refractivity contribution in [1.29, 1.82) is 0 Å². The van der Waals surface area contributed by atoms with Gasteiger partial charge in [0, 0.05) is 17.1 Å². The predicted molar refractivity (Wildman–Crippen MR) is 77.3 cm³/mol. The minimum atomic E-state index is -3.65. The second kappa shape index (κ2) is 6.04. The largest absolute Gasteiger partial charge is 0.360 e. The molecule has 0 amide bonds. The first-order chi connectivity index (χ1) is 9.42. The van der Waals surface area contributed by atoms with Crippen LogP contribution >= 0.6 is 15.9 Å². The van der Waals surface area contributed by atoms with Gasteiger partial charge in [0.15, 0.2) is 5.76 Å². The van der Waals surface area contributed by atoms with E-state index in [0.29, 0.717) is 15.9 Å². The Morgan fingerprint density at radius 3 is 2.75 bits per heavy atom. The van der Waals surface area contributed by atoms with Gasteiger partial charge in [0.1, 0.15) is 0 Å². The lowest BCUT2D eigenvalue weighted by Gasteiger charge is -2.08. The van der Waals surface area contributed by atoms with Crippen LogP contribution in [0, 0.1) is 6.92 Å². The van der Waals surface area contributed by atoms with Gasteiger partial charge in [0.05, 0.1) is 17.1 Å². The minimum Gasteiger partial charge on any atom is -0.360 e. The first kappa shape index (κ1) is 15.2. The maximum atomic E-state index is 12.3. The molecule has 0 aliphatic heterocycles. The molecule has 0 bridgehead atoms. The van der Waals surface area contributed by atoms with Crippen molar-refractivity contribution in [3.63, 3.8) is 0 Å². The summed E-state index contributed by atoms with van der Waals surface area (Å²) in [5, 5.41) is 3.70. The average molecular weight is 360 g/mol. The molecule has 0 aliphatic carbocycles. The van der Waals surface area contributed by atoms with Crippen LogP contribution in [0.25, 0.3) is 0 Å². The van der Waals surface area contributed by atoms with Gasteiger partial charge < -0.3 is 10.3 Å². The molecule has 8 heteroatoms. The third-order valence-electron chi connectivity index (χ3n) is 2.63. The molecule has 0 atom stereocenters. The summed E-state index contributed by atoms with van der Waals surface area (Å²) in [6.07, 6.45) is 0. The third kappa shape index (κ3) is 3.45. The van der Waals surface area contributed by atoms with Crippen LogP contribution in [0.5, 0.6) is 0 Å². The van der Waals surface area contributed by atoms with Crippen LogP contribution < -0.4 is 10.5 Å². The van der Waals surface area contributed by atoms with Gasteiger partial charge in [-0.05, 0) is 40.5 Å². The Labute approximate surface area is 125 Å². The number of rotatable bonds is 5. The highest BCUT2D eigenvalue weighted by atomic mass is 79.9. The van der Waals surface area contributed by atoms with E-state index in [-0.39, 0.29) is 18.0 Å². The Kier molecular flexibility index (Phi) is 4.59. The van der Waals surface area contributed by atoms with Gasteiger partial charge in [-0.15, -0.1) is 0 Å². The van der Waals surface area contributed by atoms with E-state index in [1.54, 1.807) is 25.1 Å². The summed E-state index contributed by atoms with van der Waals surface area (Å²) in [4.78, 5) is 0.150. The van der Waals surface area contributed by atoms with E-state index >= 15 is 0 Å². The molecule has 3 N–H and O–H groups in total. The molecule has 0 fully saturated rings. The number of hydrogen-bond donors (Lipinski definition) is 2. The summed E-state index contributed by atoms with van der Waals surface area (Å²) in [5.74, 6) is 0.456. The number of aryl methyl sites for hydroxylation is 1. The number of halogens is 1. The second-order valence-corrected chi connectivity index (χ2v) is 6.82. The lowest BCUT2D eigenvalue weighted by molar-refractivity contribution is 0.377. The van der Waals surface area contributed by atoms with Gasteiger partial charge in [-0.3, -0.25) is 0 Å². The van der Waals surface area contributed by atoms with Crippen LogP contribution in [-0.2, 0) is 23.1 Å². The van der Waals surface area contributed by atoms with E-state index in [2.05, 4.69) is 25.8 Å². The molecule has 0 spiro atoms. The number of hydrogen-bond acceptors (Lipinski definition) is 5. The van der Waals surface area contributed by atoms with Crippen LogP contribution in [0.4, 0.5) is 0 Å². The van der Waals surface area contributed by atoms with E-state index in [0.717, 1.165) is 5.56 Å². The monoisotopic (exact) mass is 359 g/mol. The standard InChI is InChI=1S/C12H14BrN3O3S/c1-8-4-10(19-16-8)7-15-20(17,18)12-5-9(6-14)2-3-11(12)13/h2-5,15H,6-7,14H2,1H3. The predicted octanol–water partition coefficient (Wildman–Crippen LogP) is 1.68. The summed E-state index contributed by atoms with van der Waals surface area (Å²) in [7, 11) is -3.65. The fourth-order valence-corrected chi connectivity index (χ4v) is 3.63. The van der Waals surface area contributed by atoms with Crippen molar-refractivity contribution in [2.45, 2.75) is 24.9 Å².